The summed E-state index contributed by atoms with van der Waals surface area (Å²) in [7, 11) is 1.58. The van der Waals surface area contributed by atoms with Crippen molar-refractivity contribution in [3.8, 4) is 0 Å². The fraction of sp³-hybridized carbons (Fsp3) is 0.846. The second-order valence-electron chi connectivity index (χ2n) is 5.52. The summed E-state index contributed by atoms with van der Waals surface area (Å²) in [5.74, 6) is 0.714. The lowest BCUT2D eigenvalue weighted by molar-refractivity contribution is -0.0423. The molecule has 0 radical (unpaired) electrons. The first-order valence-electron chi connectivity index (χ1n) is 7.12. The molecule has 0 saturated carbocycles. The number of halogens is 2. The summed E-state index contributed by atoms with van der Waals surface area (Å²) in [6.07, 6.45) is -0.419. The smallest absolute Gasteiger partial charge is 0.253 e. The number of nitrogens with zero attached hydrogens (tertiary/aromatic N) is 3. The topological polar surface area (TPSA) is 60.6 Å². The third-order valence-electron chi connectivity index (χ3n) is 4.28. The summed E-state index contributed by atoms with van der Waals surface area (Å²) < 4.78 is 42.3. The Labute approximate surface area is 121 Å². The molecule has 21 heavy (non-hydrogen) atoms. The Morgan fingerprint density at radius 1 is 1.48 bits per heavy atom. The molecule has 2 aliphatic heterocycles. The van der Waals surface area contributed by atoms with Crippen LogP contribution in [0.1, 0.15) is 31.0 Å². The molecule has 1 unspecified atom stereocenters. The van der Waals surface area contributed by atoms with Gasteiger partial charge in [-0.2, -0.15) is 0 Å². The molecule has 0 bridgehead atoms. The van der Waals surface area contributed by atoms with Crippen molar-refractivity contribution in [3.63, 3.8) is 0 Å². The lowest BCUT2D eigenvalue weighted by atomic mass is 10.0. The highest BCUT2D eigenvalue weighted by Crippen LogP contribution is 2.33. The molecule has 0 N–H and O–H groups in total. The predicted octanol–water partition coefficient (Wildman–Crippen LogP) is 1.56. The average molecular weight is 303 g/mol. The van der Waals surface area contributed by atoms with Gasteiger partial charge in [0, 0.05) is 13.5 Å². The first kappa shape index (κ1) is 14.8. The first-order valence-corrected chi connectivity index (χ1v) is 7.12. The predicted molar refractivity (Wildman–Crippen MR) is 67.9 cm³/mol. The molecule has 0 aliphatic carbocycles. The van der Waals surface area contributed by atoms with E-state index in [0.29, 0.717) is 44.4 Å². The van der Waals surface area contributed by atoms with Gasteiger partial charge in [-0.15, -0.1) is 10.2 Å². The highest BCUT2D eigenvalue weighted by Gasteiger charge is 2.42. The van der Waals surface area contributed by atoms with E-state index in [0.717, 1.165) is 6.42 Å². The van der Waals surface area contributed by atoms with Crippen LogP contribution in [0, 0.1) is 0 Å². The van der Waals surface area contributed by atoms with Crippen molar-refractivity contribution < 1.29 is 22.7 Å². The Kier molecular flexibility index (Phi) is 4.19. The van der Waals surface area contributed by atoms with Crippen molar-refractivity contribution >= 4 is 0 Å². The second-order valence-corrected chi connectivity index (χ2v) is 5.52. The number of methoxy groups -OCH3 is 1. The SMILES string of the molecule is COC1(c2nnc(CN3CCC[C@H]3C(F)F)o2)CCOC1. The van der Waals surface area contributed by atoms with Crippen molar-refractivity contribution in [2.75, 3.05) is 26.9 Å². The fourth-order valence-corrected chi connectivity index (χ4v) is 2.97. The van der Waals surface area contributed by atoms with Crippen LogP contribution in [0.15, 0.2) is 4.42 Å². The fourth-order valence-electron chi connectivity index (χ4n) is 2.97. The van der Waals surface area contributed by atoms with E-state index in [2.05, 4.69) is 10.2 Å². The molecule has 8 heteroatoms. The van der Waals surface area contributed by atoms with Crippen LogP contribution >= 0.6 is 0 Å². The Morgan fingerprint density at radius 3 is 3.00 bits per heavy atom. The van der Waals surface area contributed by atoms with Gasteiger partial charge in [0.25, 0.3) is 12.3 Å². The lowest BCUT2D eigenvalue weighted by Crippen LogP contribution is -2.34. The monoisotopic (exact) mass is 303 g/mol. The molecule has 2 fully saturated rings. The quantitative estimate of drug-likeness (QED) is 0.823. The summed E-state index contributed by atoms with van der Waals surface area (Å²) in [5.41, 5.74) is -0.696. The molecule has 6 nitrogen and oxygen atoms in total. The zero-order valence-electron chi connectivity index (χ0n) is 11.9. The van der Waals surface area contributed by atoms with Crippen LogP contribution in [0.5, 0.6) is 0 Å². The molecule has 0 spiro atoms. The molecule has 118 valence electrons. The number of aromatic nitrogens is 2. The minimum atomic E-state index is -2.34. The number of likely N-dealkylation sites (tertiary alicyclic amines) is 1. The van der Waals surface area contributed by atoms with Gasteiger partial charge in [0.05, 0.1) is 25.8 Å². The Bertz CT molecular complexity index is 477. The van der Waals surface area contributed by atoms with E-state index in [1.165, 1.54) is 0 Å². The number of alkyl halides is 2. The highest BCUT2D eigenvalue weighted by atomic mass is 19.3. The average Bonchev–Trinajstić information content (AvgIpc) is 3.19. The maximum absolute atomic E-state index is 12.9. The Morgan fingerprint density at radius 2 is 2.33 bits per heavy atom. The van der Waals surface area contributed by atoms with E-state index >= 15 is 0 Å². The van der Waals surface area contributed by atoms with Crippen molar-refractivity contribution in [2.45, 2.75) is 43.9 Å². The summed E-state index contributed by atoms with van der Waals surface area (Å²) in [4.78, 5) is 1.70. The van der Waals surface area contributed by atoms with Gasteiger partial charge in [-0.25, -0.2) is 8.78 Å². The highest BCUT2D eigenvalue weighted by molar-refractivity contribution is 5.01. The molecule has 0 aromatic carbocycles. The van der Waals surface area contributed by atoms with Crippen molar-refractivity contribution in [2.24, 2.45) is 0 Å². The van der Waals surface area contributed by atoms with Gasteiger partial charge in [0.2, 0.25) is 5.89 Å². The third-order valence-corrected chi connectivity index (χ3v) is 4.28. The van der Waals surface area contributed by atoms with Crippen LogP contribution in [-0.2, 0) is 21.6 Å². The van der Waals surface area contributed by atoms with Crippen LogP contribution in [-0.4, -0.2) is 54.4 Å². The standard InChI is InChI=1S/C13H19F2N3O3/c1-19-13(4-6-20-8-13)12-17-16-10(21-12)7-18-5-2-3-9(18)11(14)15/h9,11H,2-8H2,1H3/t9-,13?/m0/s1. The molecule has 2 aliphatic rings. The maximum atomic E-state index is 12.9. The zero-order valence-corrected chi connectivity index (χ0v) is 11.9. The van der Waals surface area contributed by atoms with Crippen LogP contribution in [0.3, 0.4) is 0 Å². The molecule has 1 aromatic rings. The largest absolute Gasteiger partial charge is 0.421 e. The van der Waals surface area contributed by atoms with E-state index < -0.39 is 18.1 Å². The van der Waals surface area contributed by atoms with Crippen LogP contribution in [0.25, 0.3) is 0 Å². The lowest BCUT2D eigenvalue weighted by Gasteiger charge is -2.22. The molecule has 2 saturated heterocycles. The molecule has 3 heterocycles. The maximum Gasteiger partial charge on any atom is 0.253 e. The van der Waals surface area contributed by atoms with Crippen LogP contribution in [0.2, 0.25) is 0 Å². The molecule has 1 aromatic heterocycles. The molecule has 3 rings (SSSR count). The number of hydrogen-bond acceptors (Lipinski definition) is 6. The Balaban J connectivity index is 1.70. The van der Waals surface area contributed by atoms with Gasteiger partial charge in [0.1, 0.15) is 0 Å². The van der Waals surface area contributed by atoms with Crippen molar-refractivity contribution in [1.82, 2.24) is 15.1 Å². The van der Waals surface area contributed by atoms with E-state index in [1.807, 2.05) is 0 Å². The van der Waals surface area contributed by atoms with Gasteiger partial charge in [-0.05, 0) is 19.4 Å². The van der Waals surface area contributed by atoms with Gasteiger partial charge in [-0.1, -0.05) is 0 Å². The van der Waals surface area contributed by atoms with Gasteiger partial charge in [-0.3, -0.25) is 4.90 Å². The van der Waals surface area contributed by atoms with Crippen LogP contribution < -0.4 is 0 Å². The van der Waals surface area contributed by atoms with Gasteiger partial charge in [0.15, 0.2) is 5.60 Å². The zero-order chi connectivity index (χ0) is 14.9. The number of ether oxygens (including phenoxy) is 2. The number of rotatable bonds is 5. The third kappa shape index (κ3) is 2.79. The summed E-state index contributed by atoms with van der Waals surface area (Å²) in [5, 5.41) is 7.99. The number of hydrogen-bond donors (Lipinski definition) is 0. The second kappa shape index (κ2) is 5.94. The van der Waals surface area contributed by atoms with E-state index in [9.17, 15) is 8.78 Å². The van der Waals surface area contributed by atoms with E-state index in [4.69, 9.17) is 13.9 Å². The molecular formula is C13H19F2N3O3. The molecule has 0 amide bonds. The Hall–Kier alpha value is -1.12. The normalized spacial score (nSPS) is 30.6. The minimum Gasteiger partial charge on any atom is -0.421 e. The first-order chi connectivity index (χ1) is 10.1. The van der Waals surface area contributed by atoms with Gasteiger partial charge >= 0.3 is 0 Å². The van der Waals surface area contributed by atoms with Crippen LogP contribution in [0.4, 0.5) is 8.78 Å². The molecule has 2 atom stereocenters. The summed E-state index contributed by atoms with van der Waals surface area (Å²) >= 11 is 0. The van der Waals surface area contributed by atoms with Crippen molar-refractivity contribution in [3.05, 3.63) is 11.8 Å². The summed E-state index contributed by atoms with van der Waals surface area (Å²) in [6, 6.07) is -0.716. The van der Waals surface area contributed by atoms with E-state index in [-0.39, 0.29) is 6.54 Å². The summed E-state index contributed by atoms with van der Waals surface area (Å²) in [6.45, 7) is 1.83. The molecular weight excluding hydrogens is 284 g/mol. The van der Waals surface area contributed by atoms with E-state index in [1.54, 1.807) is 12.0 Å². The van der Waals surface area contributed by atoms with Gasteiger partial charge < -0.3 is 13.9 Å². The minimum absolute atomic E-state index is 0.253. The van der Waals surface area contributed by atoms with Crippen molar-refractivity contribution in [1.29, 1.82) is 0 Å².